The van der Waals surface area contributed by atoms with Crippen LogP contribution in [0.25, 0.3) is 43.1 Å². The van der Waals surface area contributed by atoms with Gasteiger partial charge in [-0.2, -0.15) is 0 Å². The first-order chi connectivity index (χ1) is 22.2. The molecule has 4 heteroatoms. The molecular weight excluding hydrogens is 589 g/mol. The van der Waals surface area contributed by atoms with E-state index in [0.29, 0.717) is 0 Å². The lowest BCUT2D eigenvalue weighted by molar-refractivity contribution is 0.309. The fourth-order valence-corrected chi connectivity index (χ4v) is 9.82. The zero-order chi connectivity index (χ0) is 30.4. The molecule has 4 aromatic carbocycles. The molecule has 0 radical (unpaired) electrons. The molecule has 45 heavy (non-hydrogen) atoms. The summed E-state index contributed by atoms with van der Waals surface area (Å²) in [6, 6.07) is 40.3. The number of hydrogen-bond donors (Lipinski definition) is 0. The molecule has 0 amide bonds. The van der Waals surface area contributed by atoms with Gasteiger partial charge in [-0.1, -0.05) is 75.2 Å². The maximum absolute atomic E-state index is 5.97. The zero-order valence-corrected chi connectivity index (χ0v) is 27.4. The lowest BCUT2D eigenvalue weighted by Crippen LogP contribution is -2.23. The minimum Gasteiger partial charge on any atom is -0.494 e. The first-order valence-electron chi connectivity index (χ1n) is 16.2. The molecule has 0 N–H and O–H groups in total. The molecule has 0 saturated heterocycles. The van der Waals surface area contributed by atoms with Crippen LogP contribution < -0.4 is 9.47 Å². The van der Waals surface area contributed by atoms with Crippen LogP contribution in [0.1, 0.15) is 60.4 Å². The van der Waals surface area contributed by atoms with Crippen LogP contribution in [-0.4, -0.2) is 13.2 Å². The second-order valence-corrected chi connectivity index (χ2v) is 14.1. The van der Waals surface area contributed by atoms with Crippen molar-refractivity contribution in [3.05, 3.63) is 130 Å². The molecule has 2 nitrogen and oxygen atoms in total. The molecule has 0 fully saturated rings. The number of thiophene rings is 2. The Labute approximate surface area is 273 Å². The van der Waals surface area contributed by atoms with Gasteiger partial charge in [0.1, 0.15) is 11.5 Å². The highest BCUT2D eigenvalue weighted by atomic mass is 32.1. The summed E-state index contributed by atoms with van der Waals surface area (Å²) >= 11 is 3.90. The highest BCUT2D eigenvalue weighted by Crippen LogP contribution is 2.67. The average Bonchev–Trinajstić information content (AvgIpc) is 3.83. The second kappa shape index (κ2) is 11.7. The first kappa shape index (κ1) is 28.4. The molecule has 0 saturated carbocycles. The van der Waals surface area contributed by atoms with Crippen molar-refractivity contribution in [3.63, 3.8) is 0 Å². The lowest BCUT2D eigenvalue weighted by Gasteiger charge is -2.28. The molecule has 0 aliphatic heterocycles. The van der Waals surface area contributed by atoms with Crippen molar-refractivity contribution in [2.45, 2.75) is 44.9 Å². The highest BCUT2D eigenvalue weighted by Gasteiger charge is 2.54. The topological polar surface area (TPSA) is 18.5 Å². The van der Waals surface area contributed by atoms with E-state index < -0.39 is 0 Å². The van der Waals surface area contributed by atoms with Crippen molar-refractivity contribution >= 4 is 22.7 Å². The molecule has 2 aliphatic rings. The fraction of sp³-hybridized carbons (Fsp3) is 0.220. The number of fused-ring (bicyclic) bond motifs is 10. The van der Waals surface area contributed by atoms with Gasteiger partial charge in [0.25, 0.3) is 0 Å². The molecule has 224 valence electrons. The third kappa shape index (κ3) is 4.57. The van der Waals surface area contributed by atoms with Crippen molar-refractivity contribution in [1.82, 2.24) is 0 Å². The molecule has 2 aliphatic carbocycles. The van der Waals surface area contributed by atoms with E-state index in [0.717, 1.165) is 50.4 Å². The van der Waals surface area contributed by atoms with E-state index in [1.165, 1.54) is 64.0 Å². The Balaban J connectivity index is 1.26. The van der Waals surface area contributed by atoms with Gasteiger partial charge < -0.3 is 9.47 Å². The van der Waals surface area contributed by atoms with E-state index in [2.05, 4.69) is 123 Å². The van der Waals surface area contributed by atoms with Crippen LogP contribution in [0.4, 0.5) is 0 Å². The van der Waals surface area contributed by atoms with E-state index in [-0.39, 0.29) is 5.41 Å². The number of hydrogen-bond acceptors (Lipinski definition) is 4. The first-order valence-corrected chi connectivity index (χ1v) is 17.8. The molecule has 2 aromatic heterocycles. The van der Waals surface area contributed by atoms with Crippen molar-refractivity contribution < 1.29 is 9.47 Å². The summed E-state index contributed by atoms with van der Waals surface area (Å²) in [7, 11) is 0. The van der Waals surface area contributed by atoms with E-state index in [4.69, 9.17) is 9.47 Å². The lowest BCUT2D eigenvalue weighted by atomic mass is 9.78. The molecule has 6 aromatic rings. The van der Waals surface area contributed by atoms with E-state index >= 15 is 0 Å². The van der Waals surface area contributed by atoms with Crippen LogP contribution in [-0.2, 0) is 5.41 Å². The van der Waals surface area contributed by atoms with Gasteiger partial charge in [-0.15, -0.1) is 22.7 Å². The Morgan fingerprint density at radius 1 is 0.511 bits per heavy atom. The predicted molar refractivity (Wildman–Crippen MR) is 190 cm³/mol. The van der Waals surface area contributed by atoms with Crippen molar-refractivity contribution in [2.24, 2.45) is 0 Å². The number of unbranched alkanes of at least 4 members (excludes halogenated alkanes) is 2. The summed E-state index contributed by atoms with van der Waals surface area (Å²) in [6.45, 7) is 5.92. The Bertz CT molecular complexity index is 1830. The molecule has 0 bridgehead atoms. The van der Waals surface area contributed by atoms with Gasteiger partial charge >= 0.3 is 0 Å². The van der Waals surface area contributed by atoms with Crippen LogP contribution in [0.5, 0.6) is 11.5 Å². The smallest absolute Gasteiger partial charge is 0.119 e. The maximum Gasteiger partial charge on any atom is 0.119 e. The maximum atomic E-state index is 5.97. The number of ether oxygens (including phenoxy) is 2. The molecule has 1 spiro atoms. The van der Waals surface area contributed by atoms with Gasteiger partial charge in [-0.3, -0.25) is 0 Å². The average molecular weight is 625 g/mol. The van der Waals surface area contributed by atoms with Gasteiger partial charge in [-0.25, -0.2) is 0 Å². The predicted octanol–water partition coefficient (Wildman–Crippen LogP) is 11.8. The van der Waals surface area contributed by atoms with Crippen molar-refractivity contribution in [3.8, 4) is 54.6 Å². The monoisotopic (exact) mass is 624 g/mol. The summed E-state index contributed by atoms with van der Waals surface area (Å²) in [4.78, 5) is 5.47. The van der Waals surface area contributed by atoms with Crippen molar-refractivity contribution in [1.29, 1.82) is 0 Å². The largest absolute Gasteiger partial charge is 0.494 e. The van der Waals surface area contributed by atoms with Crippen LogP contribution >= 0.6 is 22.7 Å². The van der Waals surface area contributed by atoms with Crippen LogP contribution in [0, 0.1) is 0 Å². The van der Waals surface area contributed by atoms with Gasteiger partial charge in [0, 0.05) is 19.5 Å². The number of rotatable bonds is 10. The van der Waals surface area contributed by atoms with Gasteiger partial charge in [0.2, 0.25) is 0 Å². The molecule has 8 rings (SSSR count). The van der Waals surface area contributed by atoms with Gasteiger partial charge in [0.05, 0.1) is 18.6 Å². The minimum absolute atomic E-state index is 0.309. The summed E-state index contributed by atoms with van der Waals surface area (Å²) in [5, 5.41) is 0. The summed E-state index contributed by atoms with van der Waals surface area (Å²) in [5.41, 5.74) is 10.4. The fourth-order valence-electron chi connectivity index (χ4n) is 6.95. The summed E-state index contributed by atoms with van der Waals surface area (Å²) in [6.07, 6.45) is 4.42. The normalized spacial score (nSPS) is 13.4. The Hall–Kier alpha value is -4.12. The Morgan fingerprint density at radius 3 is 1.36 bits per heavy atom. The number of benzene rings is 4. The summed E-state index contributed by atoms with van der Waals surface area (Å²) in [5.74, 6) is 1.89. The zero-order valence-electron chi connectivity index (χ0n) is 25.8. The second-order valence-electron chi connectivity index (χ2n) is 12.0. The third-order valence-corrected chi connectivity index (χ3v) is 11.8. The summed E-state index contributed by atoms with van der Waals surface area (Å²) < 4.78 is 11.9. The van der Waals surface area contributed by atoms with Gasteiger partial charge in [-0.05, 0) is 118 Å². The van der Waals surface area contributed by atoms with E-state index in [9.17, 15) is 0 Å². The SMILES string of the molecule is CCCCOc1ccc(-c2cc3c(s2)C2(c4ccccc4-c4ccccc42)c2sc(-c4ccc(OCCCC)cc4)cc2-3)cc1. The van der Waals surface area contributed by atoms with Crippen LogP contribution in [0.15, 0.2) is 109 Å². The Kier molecular flexibility index (Phi) is 7.35. The quantitative estimate of drug-likeness (QED) is 0.141. The van der Waals surface area contributed by atoms with Crippen molar-refractivity contribution in [2.75, 3.05) is 13.2 Å². The van der Waals surface area contributed by atoms with Gasteiger partial charge in [0.15, 0.2) is 0 Å². The van der Waals surface area contributed by atoms with Crippen LogP contribution in [0.3, 0.4) is 0 Å². The van der Waals surface area contributed by atoms with E-state index in [1.54, 1.807) is 0 Å². The molecule has 0 atom stereocenters. The third-order valence-electron chi connectivity index (χ3n) is 9.20. The molecular formula is C41H36O2S2. The molecule has 2 heterocycles. The standard InChI is InChI=1S/C41H36O2S2/c1-3-5-23-42-29-19-15-27(16-20-29)37-25-33-34-26-38(28-17-21-30(22-18-28)43-24-6-4-2)45-40(34)41(39(33)44-37)35-13-9-7-11-31(35)32-12-8-10-14-36(32)41/h7-22,25-26H,3-6,23-24H2,1-2H3. The van der Waals surface area contributed by atoms with E-state index in [1.807, 2.05) is 22.7 Å². The highest BCUT2D eigenvalue weighted by molar-refractivity contribution is 7.19. The Morgan fingerprint density at radius 2 is 0.933 bits per heavy atom. The molecule has 0 unspecified atom stereocenters. The minimum atomic E-state index is -0.309. The van der Waals surface area contributed by atoms with Crippen LogP contribution in [0.2, 0.25) is 0 Å².